The van der Waals surface area contributed by atoms with E-state index in [2.05, 4.69) is 5.10 Å². The minimum absolute atomic E-state index is 0.0176. The Balaban J connectivity index is 1.66. The van der Waals surface area contributed by atoms with Crippen LogP contribution < -0.4 is 9.47 Å². The summed E-state index contributed by atoms with van der Waals surface area (Å²) < 4.78 is 42.8. The number of aromatic nitrogens is 2. The summed E-state index contributed by atoms with van der Waals surface area (Å²) in [4.78, 5) is 12.2. The summed E-state index contributed by atoms with van der Waals surface area (Å²) in [5.41, 5.74) is 1.72. The van der Waals surface area contributed by atoms with Gasteiger partial charge in [-0.25, -0.2) is 4.68 Å². The van der Waals surface area contributed by atoms with Crippen LogP contribution in [0.2, 0.25) is 5.02 Å². The van der Waals surface area contributed by atoms with Crippen LogP contribution in [0.25, 0.3) is 0 Å². The van der Waals surface area contributed by atoms with Gasteiger partial charge in [0.1, 0.15) is 6.61 Å². The lowest BCUT2D eigenvalue weighted by molar-refractivity contribution is -0.144. The normalized spacial score (nSPS) is 13.6. The van der Waals surface area contributed by atoms with E-state index >= 15 is 0 Å². The van der Waals surface area contributed by atoms with Crippen molar-refractivity contribution in [1.29, 1.82) is 0 Å². The van der Waals surface area contributed by atoms with Gasteiger partial charge in [-0.1, -0.05) is 11.6 Å². The van der Waals surface area contributed by atoms with E-state index in [1.165, 1.54) is 6.92 Å². The molecule has 2 aromatic rings. The number of carbonyl (C=O) groups excluding carboxylic acids is 1. The van der Waals surface area contributed by atoms with E-state index < -0.39 is 12.5 Å². The fourth-order valence-electron chi connectivity index (χ4n) is 2.87. The van der Waals surface area contributed by atoms with Crippen molar-refractivity contribution in [3.63, 3.8) is 0 Å². The lowest BCUT2D eigenvalue weighted by atomic mass is 10.1. The number of rotatable bonds is 5. The van der Waals surface area contributed by atoms with Crippen molar-refractivity contribution in [3.05, 3.63) is 39.7 Å². The summed E-state index contributed by atoms with van der Waals surface area (Å²) in [6.07, 6.45) is 0.614. The van der Waals surface area contributed by atoms with Gasteiger partial charge < -0.3 is 14.2 Å². The van der Waals surface area contributed by atoms with Gasteiger partial charge >= 0.3 is 12.5 Å². The van der Waals surface area contributed by atoms with Crippen molar-refractivity contribution < 1.29 is 27.8 Å². The van der Waals surface area contributed by atoms with E-state index in [9.17, 15) is 13.6 Å². The maximum atomic E-state index is 12.9. The summed E-state index contributed by atoms with van der Waals surface area (Å²) in [5, 5.41) is 4.14. The highest BCUT2D eigenvalue weighted by Crippen LogP contribution is 2.38. The molecule has 9 heteroatoms. The Labute approximate surface area is 160 Å². The van der Waals surface area contributed by atoms with Crippen molar-refractivity contribution in [2.75, 3.05) is 13.2 Å². The van der Waals surface area contributed by atoms with Gasteiger partial charge in [0.2, 0.25) is 0 Å². The molecule has 27 heavy (non-hydrogen) atoms. The smallest absolute Gasteiger partial charge is 0.333 e. The molecular weight excluding hydrogens is 382 g/mol. The molecule has 0 fully saturated rings. The minimum atomic E-state index is -2.75. The largest absolute Gasteiger partial charge is 0.489 e. The number of hydrogen-bond donors (Lipinski definition) is 0. The maximum Gasteiger partial charge on any atom is 0.333 e. The molecular formula is C18H19ClF2N2O4. The lowest BCUT2D eigenvalue weighted by Gasteiger charge is -2.12. The van der Waals surface area contributed by atoms with Crippen molar-refractivity contribution >= 4 is 17.6 Å². The molecule has 0 saturated carbocycles. The van der Waals surface area contributed by atoms with Gasteiger partial charge in [0.15, 0.2) is 11.5 Å². The molecule has 1 aromatic carbocycles. The number of carbonyl (C=O) groups is 1. The number of fused-ring (bicyclic) bond motifs is 1. The second-order valence-corrected chi connectivity index (χ2v) is 6.57. The van der Waals surface area contributed by atoms with Gasteiger partial charge in [0.25, 0.3) is 0 Å². The molecule has 0 spiro atoms. The van der Waals surface area contributed by atoms with E-state index in [4.69, 9.17) is 25.8 Å². The van der Waals surface area contributed by atoms with Crippen molar-refractivity contribution in [1.82, 2.24) is 9.78 Å². The maximum absolute atomic E-state index is 12.9. The number of halogens is 3. The van der Waals surface area contributed by atoms with Crippen LogP contribution in [0.3, 0.4) is 0 Å². The fourth-order valence-corrected chi connectivity index (χ4v) is 3.16. The first-order chi connectivity index (χ1) is 12.9. The van der Waals surface area contributed by atoms with E-state index in [-0.39, 0.29) is 18.7 Å². The zero-order chi connectivity index (χ0) is 19.6. The Morgan fingerprint density at radius 1 is 1.33 bits per heavy atom. The summed E-state index contributed by atoms with van der Waals surface area (Å²) >= 11 is 6.21. The first-order valence-corrected chi connectivity index (χ1v) is 8.81. The summed E-state index contributed by atoms with van der Waals surface area (Å²) in [5.74, 6) is 0.448. The Hall–Kier alpha value is -2.35. The lowest BCUT2D eigenvalue weighted by Crippen LogP contribution is -2.10. The van der Waals surface area contributed by atoms with Crippen LogP contribution in [0.4, 0.5) is 8.78 Å². The second-order valence-electron chi connectivity index (χ2n) is 6.16. The average molecular weight is 401 g/mol. The molecule has 0 amide bonds. The molecule has 0 saturated heterocycles. The second kappa shape index (κ2) is 8.12. The Morgan fingerprint density at radius 3 is 2.78 bits per heavy atom. The number of ether oxygens (including phenoxy) is 3. The van der Waals surface area contributed by atoms with Crippen molar-refractivity contribution in [2.45, 2.75) is 39.8 Å². The Kier molecular flexibility index (Phi) is 5.84. The standard InChI is InChI=1S/C18H19ClF2N2O4/c1-10-13(11(2)23(22-10)18(20)21)8-16(24)27-9-12-6-14(19)17-15(7-12)25-4-3-5-26-17/h6-7,18H,3-5,8-9H2,1-2H3. The third-order valence-corrected chi connectivity index (χ3v) is 4.52. The van der Waals surface area contributed by atoms with Crippen LogP contribution in [0.5, 0.6) is 11.5 Å². The highest BCUT2D eigenvalue weighted by atomic mass is 35.5. The minimum Gasteiger partial charge on any atom is -0.489 e. The molecule has 0 radical (unpaired) electrons. The molecule has 1 aromatic heterocycles. The summed E-state index contributed by atoms with van der Waals surface area (Å²) in [6.45, 7) is 1.34. The highest BCUT2D eigenvalue weighted by molar-refractivity contribution is 6.32. The molecule has 2 heterocycles. The molecule has 1 aliphatic rings. The first kappa shape index (κ1) is 19.4. The van der Waals surface area contributed by atoms with Gasteiger partial charge in [-0.15, -0.1) is 0 Å². The van der Waals surface area contributed by atoms with Crippen LogP contribution in [0.1, 0.15) is 35.5 Å². The number of nitrogens with zero attached hydrogens (tertiary/aromatic N) is 2. The third kappa shape index (κ3) is 4.32. The SMILES string of the molecule is Cc1nn(C(F)F)c(C)c1CC(=O)OCc1cc(Cl)c2c(c1)OCCCO2. The number of aryl methyl sites for hydroxylation is 1. The molecule has 0 aliphatic carbocycles. The Bertz CT molecular complexity index is 854. The van der Waals surface area contributed by atoms with E-state index in [0.29, 0.717) is 51.2 Å². The number of esters is 1. The van der Waals surface area contributed by atoms with E-state index in [0.717, 1.165) is 6.42 Å². The van der Waals surface area contributed by atoms with Gasteiger partial charge in [0, 0.05) is 17.7 Å². The van der Waals surface area contributed by atoms with Crippen LogP contribution in [-0.4, -0.2) is 29.0 Å². The van der Waals surface area contributed by atoms with Crippen molar-refractivity contribution in [3.8, 4) is 11.5 Å². The molecule has 0 N–H and O–H groups in total. The quantitative estimate of drug-likeness (QED) is 0.710. The predicted octanol–water partition coefficient (Wildman–Crippen LogP) is 4.00. The van der Waals surface area contributed by atoms with Gasteiger partial charge in [-0.2, -0.15) is 13.9 Å². The number of alkyl halides is 2. The molecule has 0 unspecified atom stereocenters. The summed E-state index contributed by atoms with van der Waals surface area (Å²) in [7, 11) is 0. The monoisotopic (exact) mass is 400 g/mol. The topological polar surface area (TPSA) is 62.6 Å². The van der Waals surface area contributed by atoms with Crippen LogP contribution >= 0.6 is 11.6 Å². The van der Waals surface area contributed by atoms with E-state index in [1.54, 1.807) is 19.1 Å². The van der Waals surface area contributed by atoms with Gasteiger partial charge in [-0.3, -0.25) is 4.79 Å². The molecule has 0 bridgehead atoms. The van der Waals surface area contributed by atoms with Crippen LogP contribution in [-0.2, 0) is 22.6 Å². The van der Waals surface area contributed by atoms with Gasteiger partial charge in [0.05, 0.1) is 30.4 Å². The molecule has 6 nitrogen and oxygen atoms in total. The van der Waals surface area contributed by atoms with Gasteiger partial charge in [-0.05, 0) is 31.5 Å². The number of hydrogen-bond acceptors (Lipinski definition) is 5. The zero-order valence-corrected chi connectivity index (χ0v) is 15.7. The molecule has 146 valence electrons. The first-order valence-electron chi connectivity index (χ1n) is 8.43. The van der Waals surface area contributed by atoms with Crippen LogP contribution in [0, 0.1) is 13.8 Å². The predicted molar refractivity (Wildman–Crippen MR) is 93.5 cm³/mol. The summed E-state index contributed by atoms with van der Waals surface area (Å²) in [6, 6.07) is 3.36. The molecule has 3 rings (SSSR count). The van der Waals surface area contributed by atoms with E-state index in [1.807, 2.05) is 0 Å². The zero-order valence-electron chi connectivity index (χ0n) is 14.9. The average Bonchev–Trinajstić information content (AvgIpc) is 2.79. The fraction of sp³-hybridized carbons (Fsp3) is 0.444. The van der Waals surface area contributed by atoms with Crippen molar-refractivity contribution in [2.24, 2.45) is 0 Å². The van der Waals surface area contributed by atoms with Crippen LogP contribution in [0.15, 0.2) is 12.1 Å². The third-order valence-electron chi connectivity index (χ3n) is 4.24. The highest BCUT2D eigenvalue weighted by Gasteiger charge is 2.20. The molecule has 1 aliphatic heterocycles. The Morgan fingerprint density at radius 2 is 2.07 bits per heavy atom. The number of benzene rings is 1. The molecule has 0 atom stereocenters.